The average Bonchev–Trinajstić information content (AvgIpc) is 0.849. The van der Waals surface area contributed by atoms with Gasteiger partial charge < -0.3 is 116 Å². The third-order valence-electron chi connectivity index (χ3n) is 15.4. The fourth-order valence-electron chi connectivity index (χ4n) is 10.0. The van der Waals surface area contributed by atoms with E-state index in [1.165, 1.54) is 38.1 Å². The SMILES string of the molecule is CC(C)C[C@H](NC(=O)[C@H](CC(=O)O)NC(=O)[C@H](CCCCN)NC(=O)[C@H](CC(C)C)NC(=O)[C@H](CC(C)C)NC(=O)[C@H](CC(=O)O)NC(=O)[C@H](Cc1ccc(O)cc1)NC(=O)[C@@H](NC(=O)[C@H](CC(=O)O)NC(=O)[C@@H](N)CO)C(C)C)C(=O)N[C@@H](CCC(=O)O)C(=O)N[C@@H](CCC(=O)O)C(=O)NCC(=O)O. The second-order valence-corrected chi connectivity index (χ2v) is 26.4. The summed E-state index contributed by atoms with van der Waals surface area (Å²) >= 11 is 0. The van der Waals surface area contributed by atoms with Crippen LogP contribution in [0.25, 0.3) is 0 Å². The van der Waals surface area contributed by atoms with Crippen molar-refractivity contribution in [2.24, 2.45) is 35.1 Å². The zero-order valence-electron chi connectivity index (χ0n) is 59.6. The lowest BCUT2D eigenvalue weighted by molar-refractivity contribution is -0.142. The van der Waals surface area contributed by atoms with Crippen molar-refractivity contribution < 1.29 is 127 Å². The van der Waals surface area contributed by atoms with Gasteiger partial charge in [-0.1, -0.05) is 67.5 Å². The second kappa shape index (κ2) is 46.9. The number of rotatable bonds is 51. The summed E-state index contributed by atoms with van der Waals surface area (Å²) < 4.78 is 0. The second-order valence-electron chi connectivity index (χ2n) is 26.4. The van der Waals surface area contributed by atoms with Crippen LogP contribution in [-0.2, 0) is 92.7 Å². The summed E-state index contributed by atoms with van der Waals surface area (Å²) in [5.41, 5.74) is 11.6. The zero-order chi connectivity index (χ0) is 80.1. The van der Waals surface area contributed by atoms with Crippen molar-refractivity contribution in [3.63, 3.8) is 0 Å². The van der Waals surface area contributed by atoms with Gasteiger partial charge in [0.1, 0.15) is 84.8 Å². The van der Waals surface area contributed by atoms with Crippen LogP contribution in [-0.4, -0.2) is 240 Å². The molecule has 0 saturated carbocycles. The molecule has 12 atom stereocenters. The predicted octanol–water partition coefficient (Wildman–Crippen LogP) is -5.14. The van der Waals surface area contributed by atoms with Gasteiger partial charge in [-0.05, 0) is 99.3 Å². The Kier molecular flexibility index (Phi) is 41.2. The van der Waals surface area contributed by atoms with Gasteiger partial charge in [0.05, 0.1) is 25.9 Å². The van der Waals surface area contributed by atoms with E-state index >= 15 is 0 Å². The molecular formula is C65H102N14O26. The molecule has 105 heavy (non-hydrogen) atoms. The Balaban J connectivity index is 3.74. The van der Waals surface area contributed by atoms with Crippen molar-refractivity contribution in [1.82, 2.24) is 63.8 Å². The number of amides is 12. The molecule has 0 spiro atoms. The molecule has 588 valence electrons. The number of carbonyl (C=O) groups is 18. The van der Waals surface area contributed by atoms with Gasteiger partial charge in [-0.3, -0.25) is 86.3 Å². The fourth-order valence-corrected chi connectivity index (χ4v) is 10.0. The molecule has 1 aromatic rings. The molecule has 24 N–H and O–H groups in total. The highest BCUT2D eigenvalue weighted by molar-refractivity contribution is 6.01. The molecule has 0 saturated heterocycles. The van der Waals surface area contributed by atoms with E-state index in [4.69, 9.17) is 16.6 Å². The summed E-state index contributed by atoms with van der Waals surface area (Å²) in [7, 11) is 0. The number of unbranched alkanes of at least 4 members (excludes halogenated alkanes) is 1. The number of phenols is 1. The first kappa shape index (κ1) is 92.4. The normalized spacial score (nSPS) is 14.6. The smallest absolute Gasteiger partial charge is 0.322 e. The summed E-state index contributed by atoms with van der Waals surface area (Å²) in [6.07, 6.45) is -7.00. The predicted molar refractivity (Wildman–Crippen MR) is 365 cm³/mol. The zero-order valence-corrected chi connectivity index (χ0v) is 59.6. The lowest BCUT2D eigenvalue weighted by Crippen LogP contribution is -2.61. The number of hydrogen-bond donors (Lipinski definition) is 22. The monoisotopic (exact) mass is 1490 g/mol. The highest BCUT2D eigenvalue weighted by Crippen LogP contribution is 2.17. The van der Waals surface area contributed by atoms with Crippen molar-refractivity contribution in [3.8, 4) is 5.75 Å². The van der Waals surface area contributed by atoms with Crippen LogP contribution in [0.4, 0.5) is 0 Å². The van der Waals surface area contributed by atoms with Gasteiger partial charge in [-0.15, -0.1) is 0 Å². The standard InChI is InChI=1S/C65H102N14O26/c1-30(2)21-40(58(98)69-37(11-9-10-20-66)56(96)76-44(25-49(86)87)62(102)74-41(22-31(3)4)59(99)71-39(17-19-48(84)85)57(97)70-38(16-18-47(82)83)55(95)68-28-52(92)93)73-60(100)42(23-32(5)6)75-63(103)45(26-50(88)89)77-61(101)43(24-34-12-14-35(81)15-13-34)78-65(105)53(33(7)8)79-64(104)46(27-51(90)91)72-54(94)36(67)29-80/h12-15,30-33,36-46,53,80-81H,9-11,16-29,66-67H2,1-8H3,(H,68,95)(H,69,98)(H,70,97)(H,71,99)(H,72,94)(H,73,100)(H,74,102)(H,75,103)(H,76,96)(H,77,101)(H,78,105)(H,79,104)(H,82,83)(H,84,85)(H,86,87)(H,88,89)(H,90,91)(H,92,93)/t36-,37-,38-,39-,40-,41-,42-,43-,44-,45-,46-,53-/m0/s1. The fraction of sp³-hybridized carbons (Fsp3) is 0.631. The Labute approximate surface area is 604 Å². The van der Waals surface area contributed by atoms with Crippen molar-refractivity contribution in [3.05, 3.63) is 29.8 Å². The topological polar surface area (TPSA) is 666 Å². The molecule has 1 aromatic carbocycles. The van der Waals surface area contributed by atoms with E-state index in [1.54, 1.807) is 41.5 Å². The van der Waals surface area contributed by atoms with Crippen LogP contribution in [0.5, 0.6) is 5.75 Å². The van der Waals surface area contributed by atoms with E-state index < -0.39 is 267 Å². The molecule has 0 aliphatic heterocycles. The summed E-state index contributed by atoms with van der Waals surface area (Å²) in [6, 6.07) is -15.7. The van der Waals surface area contributed by atoms with Crippen molar-refractivity contribution >= 4 is 107 Å². The van der Waals surface area contributed by atoms with Gasteiger partial charge in [0.15, 0.2) is 0 Å². The maximum Gasteiger partial charge on any atom is 0.322 e. The summed E-state index contributed by atoms with van der Waals surface area (Å²) in [5, 5.41) is 104. The van der Waals surface area contributed by atoms with Crippen molar-refractivity contribution in [1.29, 1.82) is 0 Å². The molecule has 0 aromatic heterocycles. The van der Waals surface area contributed by atoms with Crippen LogP contribution in [0, 0.1) is 23.7 Å². The Morgan fingerprint density at radius 3 is 1.02 bits per heavy atom. The average molecular weight is 1500 g/mol. The Bertz CT molecular complexity index is 3210. The number of aliphatic carboxylic acids is 6. The molecular weight excluding hydrogens is 1390 g/mol. The number of carboxylic acid groups (broad SMARTS) is 6. The molecule has 40 heteroatoms. The molecule has 0 aliphatic rings. The van der Waals surface area contributed by atoms with Gasteiger partial charge in [0.2, 0.25) is 70.9 Å². The lowest BCUT2D eigenvalue weighted by Gasteiger charge is -2.29. The summed E-state index contributed by atoms with van der Waals surface area (Å²) in [5.74, 6) is -25.6. The first-order chi connectivity index (χ1) is 49.0. The molecule has 0 aliphatic carbocycles. The Hall–Kier alpha value is -10.6. The van der Waals surface area contributed by atoms with E-state index in [0.29, 0.717) is 0 Å². The lowest BCUT2D eigenvalue weighted by atomic mass is 9.98. The van der Waals surface area contributed by atoms with Crippen molar-refractivity contribution in [2.45, 2.75) is 218 Å². The number of aromatic hydroxyl groups is 1. The maximum atomic E-state index is 14.5. The number of carbonyl (C=O) groups excluding carboxylic acids is 12. The molecule has 0 unspecified atom stereocenters. The number of nitrogens with one attached hydrogen (secondary N) is 12. The number of benzene rings is 1. The molecule has 12 amide bonds. The summed E-state index contributed by atoms with van der Waals surface area (Å²) in [4.78, 5) is 238. The largest absolute Gasteiger partial charge is 0.508 e. The number of aliphatic hydroxyl groups excluding tert-OH is 1. The number of phenolic OH excluding ortho intramolecular Hbond substituents is 1. The van der Waals surface area contributed by atoms with E-state index in [1.807, 2.05) is 5.32 Å². The first-order valence-corrected chi connectivity index (χ1v) is 33.8. The number of nitrogens with two attached hydrogens (primary N) is 2. The molecule has 0 radical (unpaired) electrons. The molecule has 0 heterocycles. The number of aliphatic hydroxyl groups is 1. The highest BCUT2D eigenvalue weighted by Gasteiger charge is 2.39. The molecule has 1 rings (SSSR count). The third-order valence-corrected chi connectivity index (χ3v) is 15.4. The van der Waals surface area contributed by atoms with Gasteiger partial charge in [-0.25, -0.2) is 0 Å². The Morgan fingerprint density at radius 1 is 0.362 bits per heavy atom. The van der Waals surface area contributed by atoms with E-state index in [2.05, 4.69) is 58.5 Å². The minimum absolute atomic E-state index is 0.0777. The van der Waals surface area contributed by atoms with Gasteiger partial charge in [-0.2, -0.15) is 0 Å². The van der Waals surface area contributed by atoms with Crippen molar-refractivity contribution in [2.75, 3.05) is 19.7 Å². The molecule has 0 bridgehead atoms. The van der Waals surface area contributed by atoms with Crippen LogP contribution in [0.3, 0.4) is 0 Å². The van der Waals surface area contributed by atoms with Gasteiger partial charge >= 0.3 is 35.8 Å². The van der Waals surface area contributed by atoms with Crippen LogP contribution >= 0.6 is 0 Å². The minimum Gasteiger partial charge on any atom is -0.508 e. The van der Waals surface area contributed by atoms with Crippen LogP contribution in [0.1, 0.15) is 144 Å². The van der Waals surface area contributed by atoms with E-state index in [-0.39, 0.29) is 56.4 Å². The Morgan fingerprint density at radius 2 is 0.676 bits per heavy atom. The highest BCUT2D eigenvalue weighted by atomic mass is 16.4. The first-order valence-electron chi connectivity index (χ1n) is 33.8. The van der Waals surface area contributed by atoms with E-state index in [0.717, 1.165) is 0 Å². The van der Waals surface area contributed by atoms with Crippen LogP contribution in [0.2, 0.25) is 0 Å². The molecule has 40 nitrogen and oxygen atoms in total. The molecule has 0 fully saturated rings. The van der Waals surface area contributed by atoms with Crippen LogP contribution in [0.15, 0.2) is 24.3 Å². The number of hydrogen-bond acceptors (Lipinski definition) is 22. The van der Waals surface area contributed by atoms with E-state index in [9.17, 15) is 122 Å². The number of carboxylic acids is 6. The quantitative estimate of drug-likeness (QED) is 0.0271. The summed E-state index contributed by atoms with van der Waals surface area (Å²) in [6.45, 7) is 10.9. The van der Waals surface area contributed by atoms with Crippen LogP contribution < -0.4 is 75.3 Å². The minimum atomic E-state index is -2.04. The van der Waals surface area contributed by atoms with Gasteiger partial charge in [0, 0.05) is 19.3 Å². The third kappa shape index (κ3) is 36.9. The van der Waals surface area contributed by atoms with Gasteiger partial charge in [0.25, 0.3) is 0 Å². The maximum absolute atomic E-state index is 14.5.